The van der Waals surface area contributed by atoms with Gasteiger partial charge in [-0.1, -0.05) is 61.2 Å². The Hall–Kier alpha value is -3.32. The van der Waals surface area contributed by atoms with Gasteiger partial charge in [0, 0.05) is 11.1 Å². The van der Waals surface area contributed by atoms with Crippen molar-refractivity contribution in [3.63, 3.8) is 0 Å². The van der Waals surface area contributed by atoms with Gasteiger partial charge in [-0.3, -0.25) is 9.69 Å². The van der Waals surface area contributed by atoms with Crippen molar-refractivity contribution in [1.82, 2.24) is 30.1 Å². The molecule has 1 atom stereocenters. The van der Waals surface area contributed by atoms with E-state index in [-0.39, 0.29) is 11.6 Å². The molecular formula is C30H36N6O. The van der Waals surface area contributed by atoms with Crippen LogP contribution in [0.1, 0.15) is 79.5 Å². The zero-order valence-electron chi connectivity index (χ0n) is 21.6. The molecule has 1 saturated heterocycles. The third-order valence-electron chi connectivity index (χ3n) is 8.39. The summed E-state index contributed by atoms with van der Waals surface area (Å²) in [5, 5.41) is 14.2. The van der Waals surface area contributed by atoms with Gasteiger partial charge in [-0.2, -0.15) is 0 Å². The standard InChI is InChI=1S/C30H36N6O/c1-21-12-13-27-24(18-21)20-26(30(37)31-27)28(29-32-33-34-36(29)25-10-6-3-7-11-25)35-16-14-23(15-17-35)19-22-8-4-2-5-9-22/h2,4-5,8-9,12-13,18,20,23,25,28H,3,6-7,10-11,14-17,19H2,1H3,(H,31,37)/t28-/m1/s1. The molecule has 3 heterocycles. The summed E-state index contributed by atoms with van der Waals surface area (Å²) in [5.41, 5.74) is 4.14. The molecule has 1 saturated carbocycles. The number of tetrazole rings is 1. The molecule has 1 aliphatic carbocycles. The Morgan fingerprint density at radius 2 is 1.76 bits per heavy atom. The molecule has 37 heavy (non-hydrogen) atoms. The SMILES string of the molecule is Cc1ccc2[nH]c(=O)c([C@H](c3nnnn3C3CCCCC3)N3CCC(Cc4ccccc4)CC3)cc2c1. The highest BCUT2D eigenvalue weighted by Gasteiger charge is 2.34. The molecule has 1 N–H and O–H groups in total. The van der Waals surface area contributed by atoms with Gasteiger partial charge in [-0.15, -0.1) is 5.10 Å². The Bertz CT molecular complexity index is 1400. The molecule has 192 valence electrons. The highest BCUT2D eigenvalue weighted by Crippen LogP contribution is 2.35. The first-order valence-corrected chi connectivity index (χ1v) is 13.8. The molecule has 0 spiro atoms. The fourth-order valence-corrected chi connectivity index (χ4v) is 6.37. The largest absolute Gasteiger partial charge is 0.322 e. The number of nitrogens with zero attached hydrogens (tertiary/aromatic N) is 5. The smallest absolute Gasteiger partial charge is 0.253 e. The molecule has 2 aliphatic rings. The monoisotopic (exact) mass is 496 g/mol. The van der Waals surface area contributed by atoms with Gasteiger partial charge < -0.3 is 4.98 Å². The lowest BCUT2D eigenvalue weighted by Crippen LogP contribution is -2.41. The summed E-state index contributed by atoms with van der Waals surface area (Å²) in [4.78, 5) is 19.1. The van der Waals surface area contributed by atoms with Gasteiger partial charge in [0.25, 0.3) is 5.56 Å². The van der Waals surface area contributed by atoms with Crippen LogP contribution < -0.4 is 5.56 Å². The topological polar surface area (TPSA) is 79.7 Å². The van der Waals surface area contributed by atoms with Crippen LogP contribution in [0.3, 0.4) is 0 Å². The minimum absolute atomic E-state index is 0.0500. The van der Waals surface area contributed by atoms with Gasteiger partial charge in [0.15, 0.2) is 5.82 Å². The van der Waals surface area contributed by atoms with Crippen molar-refractivity contribution in [2.24, 2.45) is 5.92 Å². The van der Waals surface area contributed by atoms with E-state index in [1.807, 2.05) is 16.8 Å². The van der Waals surface area contributed by atoms with Gasteiger partial charge in [0.2, 0.25) is 0 Å². The summed E-state index contributed by atoms with van der Waals surface area (Å²) in [5.74, 6) is 1.46. The number of aromatic nitrogens is 5. The maximum Gasteiger partial charge on any atom is 0.253 e. The molecular weight excluding hydrogens is 460 g/mol. The van der Waals surface area contributed by atoms with Crippen LogP contribution in [0.15, 0.2) is 59.4 Å². The zero-order valence-corrected chi connectivity index (χ0v) is 21.6. The third-order valence-corrected chi connectivity index (χ3v) is 8.39. The summed E-state index contributed by atoms with van der Waals surface area (Å²) in [7, 11) is 0. The van der Waals surface area contributed by atoms with Crippen molar-refractivity contribution in [1.29, 1.82) is 0 Å². The molecule has 0 amide bonds. The second-order valence-electron chi connectivity index (χ2n) is 11.0. The molecule has 2 aromatic heterocycles. The molecule has 0 unspecified atom stereocenters. The molecule has 7 nitrogen and oxygen atoms in total. The highest BCUT2D eigenvalue weighted by molar-refractivity contribution is 5.79. The summed E-state index contributed by atoms with van der Waals surface area (Å²) in [6.45, 7) is 3.93. The van der Waals surface area contributed by atoms with Crippen LogP contribution >= 0.6 is 0 Å². The lowest BCUT2D eigenvalue weighted by Gasteiger charge is -2.37. The fourth-order valence-electron chi connectivity index (χ4n) is 6.37. The quantitative estimate of drug-likeness (QED) is 0.388. The number of hydrogen-bond acceptors (Lipinski definition) is 5. The lowest BCUT2D eigenvalue weighted by molar-refractivity contribution is 0.140. The van der Waals surface area contributed by atoms with Crippen molar-refractivity contribution in [3.8, 4) is 0 Å². The fraction of sp³-hybridized carbons (Fsp3) is 0.467. The predicted octanol–water partition coefficient (Wildman–Crippen LogP) is 5.37. The molecule has 0 radical (unpaired) electrons. The molecule has 4 aromatic rings. The summed E-state index contributed by atoms with van der Waals surface area (Å²) in [6.07, 6.45) is 9.17. The summed E-state index contributed by atoms with van der Waals surface area (Å²) >= 11 is 0. The van der Waals surface area contributed by atoms with Crippen molar-refractivity contribution < 1.29 is 0 Å². The minimum Gasteiger partial charge on any atom is -0.322 e. The Morgan fingerprint density at radius 3 is 2.54 bits per heavy atom. The zero-order chi connectivity index (χ0) is 25.2. The van der Waals surface area contributed by atoms with E-state index in [1.165, 1.54) is 30.4 Å². The Labute approximate surface area is 217 Å². The van der Waals surface area contributed by atoms with Gasteiger partial charge >= 0.3 is 0 Å². The molecule has 2 aromatic carbocycles. The van der Waals surface area contributed by atoms with Gasteiger partial charge in [-0.25, -0.2) is 4.68 Å². The average molecular weight is 497 g/mol. The molecule has 6 rings (SSSR count). The Morgan fingerprint density at radius 1 is 0.973 bits per heavy atom. The van der Waals surface area contributed by atoms with E-state index in [9.17, 15) is 4.79 Å². The molecule has 2 fully saturated rings. The van der Waals surface area contributed by atoms with E-state index in [2.05, 4.69) is 74.8 Å². The maximum atomic E-state index is 13.5. The van der Waals surface area contributed by atoms with Crippen molar-refractivity contribution in [2.45, 2.75) is 70.4 Å². The van der Waals surface area contributed by atoms with E-state index in [0.29, 0.717) is 12.0 Å². The number of aryl methyl sites for hydroxylation is 1. The van der Waals surface area contributed by atoms with Gasteiger partial charge in [-0.05, 0) is 97.6 Å². The maximum absolute atomic E-state index is 13.5. The normalized spacial score (nSPS) is 18.8. The van der Waals surface area contributed by atoms with Crippen LogP contribution in [0.2, 0.25) is 0 Å². The second-order valence-corrected chi connectivity index (χ2v) is 11.0. The average Bonchev–Trinajstić information content (AvgIpc) is 3.41. The number of H-pyrrole nitrogens is 1. The van der Waals surface area contributed by atoms with Crippen molar-refractivity contribution in [3.05, 3.63) is 87.5 Å². The number of fused-ring (bicyclic) bond motifs is 1. The van der Waals surface area contributed by atoms with E-state index >= 15 is 0 Å². The number of rotatable bonds is 6. The first-order chi connectivity index (χ1) is 18.2. The minimum atomic E-state index is -0.261. The first-order valence-electron chi connectivity index (χ1n) is 13.8. The Kier molecular flexibility index (Phi) is 6.87. The number of benzene rings is 2. The van der Waals surface area contributed by atoms with Gasteiger partial charge in [0.1, 0.15) is 6.04 Å². The van der Waals surface area contributed by atoms with Crippen LogP contribution in [0.25, 0.3) is 10.9 Å². The third kappa shape index (κ3) is 5.10. The first kappa shape index (κ1) is 24.0. The van der Waals surface area contributed by atoms with E-state index < -0.39 is 0 Å². The van der Waals surface area contributed by atoms with Crippen LogP contribution in [-0.4, -0.2) is 43.2 Å². The molecule has 0 bridgehead atoms. The summed E-state index contributed by atoms with van der Waals surface area (Å²) in [6, 6.07) is 19.1. The number of aromatic amines is 1. The Balaban J connectivity index is 1.35. The van der Waals surface area contributed by atoms with Crippen molar-refractivity contribution >= 4 is 10.9 Å². The lowest BCUT2D eigenvalue weighted by atomic mass is 9.88. The van der Waals surface area contributed by atoms with Crippen LogP contribution in [0.5, 0.6) is 0 Å². The molecule has 7 heteroatoms. The van der Waals surface area contributed by atoms with E-state index in [1.54, 1.807) is 0 Å². The number of hydrogen-bond donors (Lipinski definition) is 1. The second kappa shape index (κ2) is 10.6. The van der Waals surface area contributed by atoms with Gasteiger partial charge in [0.05, 0.1) is 6.04 Å². The van der Waals surface area contributed by atoms with Crippen LogP contribution in [-0.2, 0) is 6.42 Å². The predicted molar refractivity (Wildman–Crippen MR) is 146 cm³/mol. The number of likely N-dealkylation sites (tertiary alicyclic amines) is 1. The highest BCUT2D eigenvalue weighted by atomic mass is 16.1. The van der Waals surface area contributed by atoms with Crippen LogP contribution in [0.4, 0.5) is 0 Å². The van der Waals surface area contributed by atoms with Crippen molar-refractivity contribution in [2.75, 3.05) is 13.1 Å². The van der Waals surface area contributed by atoms with E-state index in [0.717, 1.165) is 67.5 Å². The number of piperidine rings is 1. The molecule has 1 aliphatic heterocycles. The van der Waals surface area contributed by atoms with E-state index in [4.69, 9.17) is 0 Å². The van der Waals surface area contributed by atoms with Crippen LogP contribution in [0, 0.1) is 12.8 Å². The summed E-state index contributed by atoms with van der Waals surface area (Å²) < 4.78 is 2.04. The number of pyridine rings is 1. The number of nitrogens with one attached hydrogen (secondary N) is 1.